The highest BCUT2D eigenvalue weighted by Gasteiger charge is 2.07. The lowest BCUT2D eigenvalue weighted by Gasteiger charge is -2.04. The number of para-hydroxylation sites is 1. The second-order valence-electron chi connectivity index (χ2n) is 4.04. The van der Waals surface area contributed by atoms with Crippen LogP contribution in [0.15, 0.2) is 59.2 Å². The average molecular weight is 240 g/mol. The van der Waals surface area contributed by atoms with Gasteiger partial charge in [0.05, 0.1) is 6.26 Å². The molecule has 0 aliphatic carbocycles. The van der Waals surface area contributed by atoms with Crippen molar-refractivity contribution in [3.8, 4) is 11.5 Å². The standard InChI is InChI=1S/C15H12O3/c16-12-6-7-15-14(8-12)11(10-18-15)9-17-13-4-2-1-3-5-13/h1-8,10,16H,9H2. The predicted octanol–water partition coefficient (Wildman–Crippen LogP) is 3.72. The minimum Gasteiger partial charge on any atom is -0.508 e. The summed E-state index contributed by atoms with van der Waals surface area (Å²) in [4.78, 5) is 0. The van der Waals surface area contributed by atoms with E-state index in [0.29, 0.717) is 6.61 Å². The summed E-state index contributed by atoms with van der Waals surface area (Å²) in [6.45, 7) is 0.417. The van der Waals surface area contributed by atoms with Crippen molar-refractivity contribution in [2.75, 3.05) is 0 Å². The molecule has 0 bridgehead atoms. The molecule has 0 spiro atoms. The third-order valence-electron chi connectivity index (χ3n) is 2.77. The van der Waals surface area contributed by atoms with Crippen molar-refractivity contribution in [2.45, 2.75) is 6.61 Å². The number of rotatable bonds is 3. The molecule has 0 fully saturated rings. The molecule has 3 nitrogen and oxygen atoms in total. The van der Waals surface area contributed by atoms with Gasteiger partial charge in [0.25, 0.3) is 0 Å². The normalized spacial score (nSPS) is 10.7. The van der Waals surface area contributed by atoms with Crippen LogP contribution < -0.4 is 4.74 Å². The lowest BCUT2D eigenvalue weighted by molar-refractivity contribution is 0.306. The van der Waals surface area contributed by atoms with Crippen molar-refractivity contribution < 1.29 is 14.3 Å². The van der Waals surface area contributed by atoms with E-state index in [1.165, 1.54) is 0 Å². The quantitative estimate of drug-likeness (QED) is 0.758. The molecule has 0 saturated carbocycles. The fraction of sp³-hybridized carbons (Fsp3) is 0.0667. The van der Waals surface area contributed by atoms with Gasteiger partial charge in [0.2, 0.25) is 0 Å². The molecule has 0 unspecified atom stereocenters. The molecule has 1 aromatic heterocycles. The van der Waals surface area contributed by atoms with Gasteiger partial charge in [0.1, 0.15) is 23.7 Å². The molecule has 2 aromatic carbocycles. The van der Waals surface area contributed by atoms with E-state index in [1.807, 2.05) is 30.3 Å². The van der Waals surface area contributed by atoms with Crippen LogP contribution in [0.5, 0.6) is 11.5 Å². The first kappa shape index (κ1) is 10.7. The van der Waals surface area contributed by atoms with Crippen LogP contribution in [-0.2, 0) is 6.61 Å². The molecule has 18 heavy (non-hydrogen) atoms. The van der Waals surface area contributed by atoms with E-state index in [-0.39, 0.29) is 5.75 Å². The van der Waals surface area contributed by atoms with Crippen LogP contribution in [-0.4, -0.2) is 5.11 Å². The zero-order chi connectivity index (χ0) is 12.4. The Bertz CT molecular complexity index is 656. The van der Waals surface area contributed by atoms with Crippen LogP contribution in [0.2, 0.25) is 0 Å². The molecule has 0 aliphatic heterocycles. The summed E-state index contributed by atoms with van der Waals surface area (Å²) in [5.41, 5.74) is 1.67. The van der Waals surface area contributed by atoms with Crippen molar-refractivity contribution in [1.82, 2.24) is 0 Å². The molecule has 3 aromatic rings. The number of phenolic OH excluding ortho intramolecular Hbond substituents is 1. The number of hydrogen-bond donors (Lipinski definition) is 1. The van der Waals surface area contributed by atoms with Crippen molar-refractivity contribution in [1.29, 1.82) is 0 Å². The monoisotopic (exact) mass is 240 g/mol. The molecular weight excluding hydrogens is 228 g/mol. The summed E-state index contributed by atoms with van der Waals surface area (Å²) >= 11 is 0. The van der Waals surface area contributed by atoms with Gasteiger partial charge < -0.3 is 14.3 Å². The van der Waals surface area contributed by atoms with Crippen molar-refractivity contribution in [3.05, 3.63) is 60.4 Å². The molecule has 0 atom stereocenters. The van der Waals surface area contributed by atoms with Crippen LogP contribution in [0.25, 0.3) is 11.0 Å². The van der Waals surface area contributed by atoms with Crippen LogP contribution in [0.3, 0.4) is 0 Å². The Morgan fingerprint density at radius 1 is 1.06 bits per heavy atom. The minimum absolute atomic E-state index is 0.227. The zero-order valence-corrected chi connectivity index (χ0v) is 9.67. The predicted molar refractivity (Wildman–Crippen MR) is 68.7 cm³/mol. The fourth-order valence-electron chi connectivity index (χ4n) is 1.86. The Morgan fingerprint density at radius 2 is 1.89 bits per heavy atom. The first-order chi connectivity index (χ1) is 8.83. The number of fused-ring (bicyclic) bond motifs is 1. The first-order valence-corrected chi connectivity index (χ1v) is 5.70. The van der Waals surface area contributed by atoms with E-state index in [2.05, 4.69) is 0 Å². The summed E-state index contributed by atoms with van der Waals surface area (Å²) < 4.78 is 11.1. The highest BCUT2D eigenvalue weighted by atomic mass is 16.5. The summed E-state index contributed by atoms with van der Waals surface area (Å²) in [5.74, 6) is 1.04. The Labute approximate surface area is 104 Å². The molecule has 1 heterocycles. The number of phenols is 1. The number of ether oxygens (including phenoxy) is 1. The lowest BCUT2D eigenvalue weighted by atomic mass is 10.2. The number of hydrogen-bond acceptors (Lipinski definition) is 3. The maximum absolute atomic E-state index is 9.48. The smallest absolute Gasteiger partial charge is 0.134 e. The summed E-state index contributed by atoms with van der Waals surface area (Å²) in [5, 5.41) is 10.4. The molecule has 3 rings (SSSR count). The van der Waals surface area contributed by atoms with Crippen molar-refractivity contribution in [2.24, 2.45) is 0 Å². The first-order valence-electron chi connectivity index (χ1n) is 5.70. The fourth-order valence-corrected chi connectivity index (χ4v) is 1.86. The van der Waals surface area contributed by atoms with Gasteiger partial charge in [-0.05, 0) is 30.3 Å². The van der Waals surface area contributed by atoms with Crippen LogP contribution >= 0.6 is 0 Å². The van der Waals surface area contributed by atoms with E-state index in [4.69, 9.17) is 9.15 Å². The van der Waals surface area contributed by atoms with Crippen LogP contribution in [0, 0.1) is 0 Å². The molecule has 0 radical (unpaired) electrons. The summed E-state index contributed by atoms with van der Waals surface area (Å²) in [6.07, 6.45) is 1.66. The van der Waals surface area contributed by atoms with Gasteiger partial charge in [0.15, 0.2) is 0 Å². The van der Waals surface area contributed by atoms with Gasteiger partial charge in [-0.1, -0.05) is 18.2 Å². The molecule has 0 saturated heterocycles. The Morgan fingerprint density at radius 3 is 2.72 bits per heavy atom. The molecule has 1 N–H and O–H groups in total. The average Bonchev–Trinajstić information content (AvgIpc) is 2.80. The van der Waals surface area contributed by atoms with Gasteiger partial charge in [-0.3, -0.25) is 0 Å². The van der Waals surface area contributed by atoms with E-state index in [0.717, 1.165) is 22.3 Å². The molecule has 0 aliphatic rings. The van der Waals surface area contributed by atoms with E-state index in [1.54, 1.807) is 24.5 Å². The number of benzene rings is 2. The summed E-state index contributed by atoms with van der Waals surface area (Å²) in [7, 11) is 0. The van der Waals surface area contributed by atoms with Gasteiger partial charge in [-0.15, -0.1) is 0 Å². The maximum Gasteiger partial charge on any atom is 0.134 e. The van der Waals surface area contributed by atoms with Gasteiger partial charge >= 0.3 is 0 Å². The van der Waals surface area contributed by atoms with Gasteiger partial charge in [0, 0.05) is 10.9 Å². The lowest BCUT2D eigenvalue weighted by Crippen LogP contribution is -1.93. The minimum atomic E-state index is 0.227. The van der Waals surface area contributed by atoms with Crippen molar-refractivity contribution >= 4 is 11.0 Å². The Hall–Kier alpha value is -2.42. The molecule has 90 valence electrons. The van der Waals surface area contributed by atoms with E-state index < -0.39 is 0 Å². The number of aromatic hydroxyl groups is 1. The maximum atomic E-state index is 9.48. The second kappa shape index (κ2) is 4.45. The van der Waals surface area contributed by atoms with E-state index in [9.17, 15) is 5.11 Å². The van der Waals surface area contributed by atoms with Crippen LogP contribution in [0.4, 0.5) is 0 Å². The number of furan rings is 1. The largest absolute Gasteiger partial charge is 0.508 e. The Balaban J connectivity index is 1.85. The topological polar surface area (TPSA) is 42.6 Å². The third-order valence-corrected chi connectivity index (χ3v) is 2.77. The highest BCUT2D eigenvalue weighted by Crippen LogP contribution is 2.26. The molecular formula is C15H12O3. The summed E-state index contributed by atoms with van der Waals surface area (Å²) in [6, 6.07) is 14.6. The highest BCUT2D eigenvalue weighted by molar-refractivity contribution is 5.82. The zero-order valence-electron chi connectivity index (χ0n) is 9.67. The Kier molecular flexibility index (Phi) is 2.65. The van der Waals surface area contributed by atoms with Crippen molar-refractivity contribution in [3.63, 3.8) is 0 Å². The van der Waals surface area contributed by atoms with Gasteiger partial charge in [-0.25, -0.2) is 0 Å². The molecule has 3 heteroatoms. The second-order valence-corrected chi connectivity index (χ2v) is 4.04. The van der Waals surface area contributed by atoms with Crippen LogP contribution in [0.1, 0.15) is 5.56 Å². The third kappa shape index (κ3) is 2.02. The van der Waals surface area contributed by atoms with E-state index >= 15 is 0 Å². The van der Waals surface area contributed by atoms with Gasteiger partial charge in [-0.2, -0.15) is 0 Å². The SMILES string of the molecule is Oc1ccc2occ(COc3ccccc3)c2c1. The molecule has 0 amide bonds.